The molecule has 0 aromatic carbocycles. The molecule has 1 fully saturated rings. The van der Waals surface area contributed by atoms with Gasteiger partial charge in [-0.25, -0.2) is 4.79 Å². The zero-order chi connectivity index (χ0) is 15.2. The largest absolute Gasteiger partial charge is 0.383 e. The molecule has 0 spiro atoms. The Morgan fingerprint density at radius 2 is 1.65 bits per heavy atom. The number of amides is 3. The van der Waals surface area contributed by atoms with E-state index in [1.807, 2.05) is 0 Å². The summed E-state index contributed by atoms with van der Waals surface area (Å²) in [5.41, 5.74) is -0.805. The summed E-state index contributed by atoms with van der Waals surface area (Å²) in [7, 11) is 3.29. The normalized spacial score (nSPS) is 17.9. The van der Waals surface area contributed by atoms with Crippen LogP contribution in [0.5, 0.6) is 0 Å². The Balaban J connectivity index is 2.49. The lowest BCUT2D eigenvalue weighted by Gasteiger charge is -2.24. The molecule has 1 aliphatic heterocycles. The molecule has 3 amide bonds. The van der Waals surface area contributed by atoms with Gasteiger partial charge in [0.1, 0.15) is 5.54 Å². The predicted molar refractivity (Wildman–Crippen MR) is 74.5 cm³/mol. The average molecular weight is 287 g/mol. The number of carbonyl (C=O) groups is 2. The smallest absolute Gasteiger partial charge is 0.325 e. The highest BCUT2D eigenvalue weighted by molar-refractivity contribution is 6.06. The Morgan fingerprint density at radius 3 is 2.05 bits per heavy atom. The van der Waals surface area contributed by atoms with E-state index in [4.69, 9.17) is 9.47 Å². The SMILES string of the molecule is COCCN(CCOC)CCN1C(=O)NC(C)(C)C1=O. The molecule has 0 atom stereocenters. The zero-order valence-corrected chi connectivity index (χ0v) is 12.8. The second-order valence-corrected chi connectivity index (χ2v) is 5.34. The van der Waals surface area contributed by atoms with Gasteiger partial charge in [-0.05, 0) is 13.8 Å². The lowest BCUT2D eigenvalue weighted by atomic mass is 10.1. The topological polar surface area (TPSA) is 71.1 Å². The molecule has 1 rings (SSSR count). The summed E-state index contributed by atoms with van der Waals surface area (Å²) in [6.45, 7) is 7.11. The molecule has 0 aliphatic carbocycles. The number of hydrogen-bond donors (Lipinski definition) is 1. The number of nitrogens with one attached hydrogen (secondary N) is 1. The van der Waals surface area contributed by atoms with Crippen LogP contribution in [0.25, 0.3) is 0 Å². The van der Waals surface area contributed by atoms with Gasteiger partial charge in [0.25, 0.3) is 5.91 Å². The number of nitrogens with zero attached hydrogens (tertiary/aromatic N) is 2. The highest BCUT2D eigenvalue weighted by atomic mass is 16.5. The molecule has 7 heteroatoms. The van der Waals surface area contributed by atoms with Gasteiger partial charge in [-0.3, -0.25) is 14.6 Å². The van der Waals surface area contributed by atoms with Crippen molar-refractivity contribution in [2.45, 2.75) is 19.4 Å². The molecule has 1 saturated heterocycles. The Bertz CT molecular complexity index is 339. The van der Waals surface area contributed by atoms with E-state index in [0.29, 0.717) is 26.3 Å². The molecule has 7 nitrogen and oxygen atoms in total. The minimum atomic E-state index is -0.805. The van der Waals surface area contributed by atoms with Crippen molar-refractivity contribution in [1.82, 2.24) is 15.1 Å². The van der Waals surface area contributed by atoms with Crippen LogP contribution >= 0.6 is 0 Å². The first-order valence-corrected chi connectivity index (χ1v) is 6.76. The van der Waals surface area contributed by atoms with E-state index < -0.39 is 5.54 Å². The molecule has 1 aliphatic rings. The second kappa shape index (κ2) is 7.56. The number of ether oxygens (including phenoxy) is 2. The summed E-state index contributed by atoms with van der Waals surface area (Å²) in [5, 5.41) is 2.67. The highest BCUT2D eigenvalue weighted by Gasteiger charge is 2.43. The maximum absolute atomic E-state index is 12.1. The van der Waals surface area contributed by atoms with Gasteiger partial charge in [-0.2, -0.15) is 0 Å². The summed E-state index contributed by atoms with van der Waals surface area (Å²) in [4.78, 5) is 27.2. The van der Waals surface area contributed by atoms with Gasteiger partial charge in [0.05, 0.1) is 13.2 Å². The van der Waals surface area contributed by atoms with Gasteiger partial charge in [0, 0.05) is 40.4 Å². The molecule has 0 radical (unpaired) electrons. The van der Waals surface area contributed by atoms with Crippen LogP contribution in [-0.2, 0) is 14.3 Å². The van der Waals surface area contributed by atoms with Crippen LogP contribution in [0.15, 0.2) is 0 Å². The van der Waals surface area contributed by atoms with E-state index in [1.165, 1.54) is 4.90 Å². The second-order valence-electron chi connectivity index (χ2n) is 5.34. The first-order valence-electron chi connectivity index (χ1n) is 6.76. The molecule has 20 heavy (non-hydrogen) atoms. The molecule has 0 aromatic rings. The third kappa shape index (κ3) is 4.43. The molecule has 116 valence electrons. The lowest BCUT2D eigenvalue weighted by molar-refractivity contribution is -0.130. The van der Waals surface area contributed by atoms with Crippen LogP contribution < -0.4 is 5.32 Å². The number of methoxy groups -OCH3 is 2. The van der Waals surface area contributed by atoms with Crippen molar-refractivity contribution >= 4 is 11.9 Å². The molecular weight excluding hydrogens is 262 g/mol. The Morgan fingerprint density at radius 1 is 1.10 bits per heavy atom. The fraction of sp³-hybridized carbons (Fsp3) is 0.846. The van der Waals surface area contributed by atoms with Gasteiger partial charge in [0.15, 0.2) is 0 Å². The maximum atomic E-state index is 12.1. The first kappa shape index (κ1) is 16.9. The maximum Gasteiger partial charge on any atom is 0.325 e. The third-order valence-electron chi connectivity index (χ3n) is 3.31. The summed E-state index contributed by atoms with van der Waals surface area (Å²) >= 11 is 0. The predicted octanol–water partition coefficient (Wildman–Crippen LogP) is -0.0884. The van der Waals surface area contributed by atoms with Crippen LogP contribution in [0.2, 0.25) is 0 Å². The standard InChI is InChI=1S/C13H25N3O4/c1-13(2)11(17)16(12(18)14-13)6-5-15(7-9-19-3)8-10-20-4/h5-10H2,1-4H3,(H,14,18). The van der Waals surface area contributed by atoms with Gasteiger partial charge < -0.3 is 14.8 Å². The lowest BCUT2D eigenvalue weighted by Crippen LogP contribution is -2.42. The summed E-state index contributed by atoms with van der Waals surface area (Å²) < 4.78 is 10.1. The van der Waals surface area contributed by atoms with Crippen LogP contribution in [0.3, 0.4) is 0 Å². The third-order valence-corrected chi connectivity index (χ3v) is 3.31. The fourth-order valence-electron chi connectivity index (χ4n) is 2.04. The quantitative estimate of drug-likeness (QED) is 0.600. The molecule has 0 unspecified atom stereocenters. The van der Waals surface area contributed by atoms with Crippen LogP contribution in [0.1, 0.15) is 13.8 Å². The van der Waals surface area contributed by atoms with Crippen molar-refractivity contribution in [2.24, 2.45) is 0 Å². The number of imide groups is 1. The Kier molecular flexibility index (Phi) is 6.38. The van der Waals surface area contributed by atoms with Crippen molar-refractivity contribution < 1.29 is 19.1 Å². The Labute approximate surface area is 120 Å². The fourth-order valence-corrected chi connectivity index (χ4v) is 2.04. The van der Waals surface area contributed by atoms with E-state index >= 15 is 0 Å². The van der Waals surface area contributed by atoms with E-state index in [0.717, 1.165) is 13.1 Å². The first-order chi connectivity index (χ1) is 9.42. The molecule has 1 heterocycles. The van der Waals surface area contributed by atoms with E-state index in [2.05, 4.69) is 10.2 Å². The summed E-state index contributed by atoms with van der Waals surface area (Å²) in [5.74, 6) is -0.180. The van der Waals surface area contributed by atoms with Crippen molar-refractivity contribution in [1.29, 1.82) is 0 Å². The van der Waals surface area contributed by atoms with Crippen molar-refractivity contribution in [3.05, 3.63) is 0 Å². The number of hydrogen-bond acceptors (Lipinski definition) is 5. The zero-order valence-electron chi connectivity index (χ0n) is 12.8. The molecule has 0 saturated carbocycles. The Hall–Kier alpha value is -1.18. The van der Waals surface area contributed by atoms with Crippen LogP contribution in [0, 0.1) is 0 Å². The van der Waals surface area contributed by atoms with Gasteiger partial charge in [-0.15, -0.1) is 0 Å². The monoisotopic (exact) mass is 287 g/mol. The van der Waals surface area contributed by atoms with E-state index in [-0.39, 0.29) is 11.9 Å². The number of carbonyl (C=O) groups excluding carboxylic acids is 2. The van der Waals surface area contributed by atoms with Crippen molar-refractivity contribution in [3.8, 4) is 0 Å². The van der Waals surface area contributed by atoms with Crippen LogP contribution in [-0.4, -0.2) is 80.9 Å². The van der Waals surface area contributed by atoms with E-state index in [1.54, 1.807) is 28.1 Å². The van der Waals surface area contributed by atoms with Gasteiger partial charge >= 0.3 is 6.03 Å². The van der Waals surface area contributed by atoms with E-state index in [9.17, 15) is 9.59 Å². The molecule has 1 N–H and O–H groups in total. The molecule has 0 bridgehead atoms. The van der Waals surface area contributed by atoms with Gasteiger partial charge in [-0.1, -0.05) is 0 Å². The summed E-state index contributed by atoms with van der Waals surface area (Å²) in [6.07, 6.45) is 0. The highest BCUT2D eigenvalue weighted by Crippen LogP contribution is 2.16. The van der Waals surface area contributed by atoms with Crippen molar-refractivity contribution in [3.63, 3.8) is 0 Å². The number of rotatable bonds is 9. The molecular formula is C13H25N3O4. The number of urea groups is 1. The van der Waals surface area contributed by atoms with Crippen LogP contribution in [0.4, 0.5) is 4.79 Å². The van der Waals surface area contributed by atoms with Crippen molar-refractivity contribution in [2.75, 3.05) is 53.6 Å². The summed E-state index contributed by atoms with van der Waals surface area (Å²) in [6, 6.07) is -0.321. The minimum Gasteiger partial charge on any atom is -0.383 e. The average Bonchev–Trinajstić information content (AvgIpc) is 2.58. The van der Waals surface area contributed by atoms with Gasteiger partial charge in [0.2, 0.25) is 0 Å². The minimum absolute atomic E-state index is 0.180. The molecule has 0 aromatic heterocycles.